The zero-order valence-electron chi connectivity index (χ0n) is 34.5. The zero-order chi connectivity index (χ0) is 40.9. The molecule has 14 nitrogen and oxygen atoms in total. The van der Waals surface area contributed by atoms with Crippen molar-refractivity contribution in [3.8, 4) is 23.0 Å². The first kappa shape index (κ1) is 39.0. The molecule has 60 heavy (non-hydrogen) atoms. The molecule has 0 saturated carbocycles. The van der Waals surface area contributed by atoms with E-state index in [0.29, 0.717) is 53.8 Å². The lowest BCUT2D eigenvalue weighted by Gasteiger charge is -2.42. The van der Waals surface area contributed by atoms with Crippen LogP contribution < -0.4 is 19.9 Å². The summed E-state index contributed by atoms with van der Waals surface area (Å²) in [5, 5.41) is 20.8. The van der Waals surface area contributed by atoms with Gasteiger partial charge in [0.25, 0.3) is 0 Å². The van der Waals surface area contributed by atoms with Gasteiger partial charge in [-0.25, -0.2) is 4.39 Å². The number of hydrogen-bond acceptors (Lipinski definition) is 13. The molecule has 15 heteroatoms. The third kappa shape index (κ3) is 7.71. The van der Waals surface area contributed by atoms with Gasteiger partial charge < -0.3 is 39.1 Å². The van der Waals surface area contributed by atoms with Crippen molar-refractivity contribution in [3.05, 3.63) is 59.7 Å². The number of ether oxygens (including phenoxy) is 2. The summed E-state index contributed by atoms with van der Waals surface area (Å²) in [5.74, 6) is 1.61. The molecule has 5 aromatic rings. The molecule has 316 valence electrons. The fourth-order valence-electron chi connectivity index (χ4n) is 10.1. The third-order valence-electron chi connectivity index (χ3n) is 13.3. The molecule has 2 N–H and O–H groups in total. The van der Waals surface area contributed by atoms with Crippen molar-refractivity contribution >= 4 is 39.2 Å². The van der Waals surface area contributed by atoms with E-state index in [1.165, 1.54) is 0 Å². The molecule has 5 aliphatic heterocycles. The Labute approximate surface area is 349 Å². The minimum Gasteiger partial charge on any atom is -0.508 e. The Balaban J connectivity index is 0.775. The summed E-state index contributed by atoms with van der Waals surface area (Å²) in [6, 6.07) is 12.2. The number of piperidine rings is 1. The van der Waals surface area contributed by atoms with Gasteiger partial charge in [0.05, 0.1) is 24.0 Å². The molecule has 3 unspecified atom stereocenters. The Morgan fingerprint density at radius 1 is 0.983 bits per heavy atom. The van der Waals surface area contributed by atoms with E-state index in [1.807, 2.05) is 29.2 Å². The molecular weight excluding hydrogens is 766 g/mol. The molecule has 0 aliphatic carbocycles. The van der Waals surface area contributed by atoms with Crippen molar-refractivity contribution in [2.75, 3.05) is 68.8 Å². The van der Waals surface area contributed by atoms with Gasteiger partial charge in [0.2, 0.25) is 5.91 Å². The lowest BCUT2D eigenvalue weighted by atomic mass is 9.95. The van der Waals surface area contributed by atoms with Crippen LogP contribution in [0, 0.1) is 5.82 Å². The number of phenolic OH excluding ortho intramolecular Hbond substituents is 1. The third-order valence-corrected chi connectivity index (χ3v) is 13.3. The van der Waals surface area contributed by atoms with Crippen LogP contribution in [0.4, 0.5) is 16.0 Å². The number of anilines is 2. The number of carbonyl (C=O) groups is 1. The van der Waals surface area contributed by atoms with E-state index >= 15 is 4.39 Å². The molecule has 3 aromatic heterocycles. The first-order valence-corrected chi connectivity index (χ1v) is 21.9. The summed E-state index contributed by atoms with van der Waals surface area (Å²) >= 11 is 0. The van der Waals surface area contributed by atoms with Crippen LogP contribution in [-0.2, 0) is 22.4 Å². The number of aryl methyl sites for hydroxylation is 1. The smallest absolute Gasteiger partial charge is 0.319 e. The number of phenols is 1. The molecule has 8 heterocycles. The summed E-state index contributed by atoms with van der Waals surface area (Å²) in [6.07, 6.45) is 9.16. The van der Waals surface area contributed by atoms with Crippen molar-refractivity contribution in [1.29, 1.82) is 0 Å². The largest absolute Gasteiger partial charge is 0.508 e. The van der Waals surface area contributed by atoms with Crippen molar-refractivity contribution in [1.82, 2.24) is 35.2 Å². The number of piperazine rings is 1. The number of amides is 1. The second-order valence-electron chi connectivity index (χ2n) is 17.4. The monoisotopic (exact) mass is 819 g/mol. The first-order chi connectivity index (χ1) is 29.3. The quantitative estimate of drug-likeness (QED) is 0.164. The Morgan fingerprint density at radius 3 is 2.57 bits per heavy atom. The Bertz CT molecular complexity index is 2370. The minimum atomic E-state index is -0.557. The van der Waals surface area contributed by atoms with Crippen molar-refractivity contribution < 1.29 is 28.3 Å². The van der Waals surface area contributed by atoms with Crippen LogP contribution in [-0.4, -0.2) is 130 Å². The number of carbonyl (C=O) groups excluding carboxylic acids is 1. The second-order valence-corrected chi connectivity index (χ2v) is 17.4. The van der Waals surface area contributed by atoms with E-state index in [2.05, 4.69) is 39.0 Å². The number of pyridine rings is 1. The van der Waals surface area contributed by atoms with Crippen molar-refractivity contribution in [2.45, 2.75) is 95.5 Å². The molecule has 3 atom stereocenters. The molecule has 0 radical (unpaired) electrons. The van der Waals surface area contributed by atoms with Crippen LogP contribution in [0.5, 0.6) is 11.8 Å². The van der Waals surface area contributed by atoms with E-state index in [1.54, 1.807) is 18.3 Å². The highest BCUT2D eigenvalue weighted by Gasteiger charge is 2.36. The van der Waals surface area contributed by atoms with E-state index in [0.717, 1.165) is 113 Å². The number of rotatable bonds is 12. The molecular formula is C45H54FN9O5. The van der Waals surface area contributed by atoms with Crippen LogP contribution in [0.1, 0.15) is 63.7 Å². The fourth-order valence-corrected chi connectivity index (χ4v) is 10.1. The molecule has 5 aliphatic rings. The normalized spacial score (nSPS) is 22.6. The number of fused-ring (bicyclic) bond motifs is 4. The van der Waals surface area contributed by atoms with Crippen LogP contribution in [0.15, 0.2) is 47.1 Å². The van der Waals surface area contributed by atoms with E-state index in [-0.39, 0.29) is 47.5 Å². The molecule has 1 amide bonds. The Kier molecular flexibility index (Phi) is 10.7. The second kappa shape index (κ2) is 16.4. The summed E-state index contributed by atoms with van der Waals surface area (Å²) in [6.45, 7) is 10.8. The van der Waals surface area contributed by atoms with Crippen molar-refractivity contribution in [3.63, 3.8) is 0 Å². The number of halogens is 1. The predicted octanol–water partition coefficient (Wildman–Crippen LogP) is 5.48. The van der Waals surface area contributed by atoms with Gasteiger partial charge in [-0.3, -0.25) is 14.7 Å². The van der Waals surface area contributed by atoms with Crippen LogP contribution in [0.3, 0.4) is 0 Å². The molecule has 0 spiro atoms. The van der Waals surface area contributed by atoms with Gasteiger partial charge in [0.1, 0.15) is 35.1 Å². The SMILES string of the molecule is CCc1cccc2cc(O)cc(-c3ncc4c(N5CC6CCC(C5)N6)nc(OCCN5CCC(OC6CN(c7cc(CC(=O)N8CCCC8C)on7)C6)CC5)nc4c3F)c12. The number of benzene rings is 2. The van der Waals surface area contributed by atoms with Gasteiger partial charge in [-0.05, 0) is 80.3 Å². The van der Waals surface area contributed by atoms with Crippen LogP contribution in [0.25, 0.3) is 32.9 Å². The van der Waals surface area contributed by atoms with Gasteiger partial charge in [-0.2, -0.15) is 9.97 Å². The van der Waals surface area contributed by atoms with E-state index in [4.69, 9.17) is 28.9 Å². The van der Waals surface area contributed by atoms with Gasteiger partial charge in [-0.1, -0.05) is 30.3 Å². The summed E-state index contributed by atoms with van der Waals surface area (Å²) in [4.78, 5) is 35.7. The lowest BCUT2D eigenvalue weighted by Crippen LogP contribution is -2.54. The van der Waals surface area contributed by atoms with Gasteiger partial charge in [0.15, 0.2) is 11.6 Å². The highest BCUT2D eigenvalue weighted by Crippen LogP contribution is 2.39. The average Bonchev–Trinajstić information content (AvgIpc) is 3.98. The summed E-state index contributed by atoms with van der Waals surface area (Å²) < 4.78 is 35.2. The lowest BCUT2D eigenvalue weighted by molar-refractivity contribution is -0.131. The average molecular weight is 820 g/mol. The fraction of sp³-hybridized carbons (Fsp3) is 0.533. The molecule has 5 fully saturated rings. The number of hydrogen-bond donors (Lipinski definition) is 2. The maximum absolute atomic E-state index is 17.0. The molecule has 2 bridgehead atoms. The van der Waals surface area contributed by atoms with Gasteiger partial charge >= 0.3 is 6.01 Å². The number of likely N-dealkylation sites (tertiary alicyclic amines) is 2. The molecule has 10 rings (SSSR count). The van der Waals surface area contributed by atoms with Crippen LogP contribution >= 0.6 is 0 Å². The van der Waals surface area contributed by atoms with Crippen LogP contribution in [0.2, 0.25) is 0 Å². The maximum atomic E-state index is 17.0. The number of aromatic nitrogens is 4. The minimum absolute atomic E-state index is 0.0519. The standard InChI is InChI=1S/C45H54FN9O5/c1-3-28-7-4-8-29-18-32(56)19-36(40(28)29)42-41(46)43-37(22-47-42)44(54-23-30-9-10-31(24-54)48-30)50-45(49-43)58-17-16-52-14-11-33(12-15-52)59-35-25-53(26-35)38-20-34(60-51-38)21-39(57)55-13-5-6-27(55)2/h4,7-8,18-20,22,27,30-31,33,35,48,56H,3,5-6,9-17,21,23-26H2,1-2H3. The van der Waals surface area contributed by atoms with E-state index in [9.17, 15) is 9.90 Å². The highest BCUT2D eigenvalue weighted by atomic mass is 19.1. The first-order valence-electron chi connectivity index (χ1n) is 21.9. The summed E-state index contributed by atoms with van der Waals surface area (Å²) in [5.41, 5.74) is 1.89. The zero-order valence-corrected chi connectivity index (χ0v) is 34.5. The number of nitrogens with zero attached hydrogens (tertiary/aromatic N) is 8. The molecule has 2 aromatic carbocycles. The number of nitrogens with one attached hydrogen (secondary N) is 1. The van der Waals surface area contributed by atoms with Crippen molar-refractivity contribution in [2.24, 2.45) is 0 Å². The Hall–Kier alpha value is -5.12. The highest BCUT2D eigenvalue weighted by molar-refractivity contribution is 6.01. The molecule has 5 saturated heterocycles. The van der Waals surface area contributed by atoms with Gasteiger partial charge in [-0.15, -0.1) is 0 Å². The topological polar surface area (TPSA) is 145 Å². The summed E-state index contributed by atoms with van der Waals surface area (Å²) in [7, 11) is 0. The predicted molar refractivity (Wildman–Crippen MR) is 226 cm³/mol. The number of aromatic hydroxyl groups is 1. The Morgan fingerprint density at radius 2 is 1.80 bits per heavy atom. The maximum Gasteiger partial charge on any atom is 0.319 e. The van der Waals surface area contributed by atoms with E-state index < -0.39 is 5.82 Å². The van der Waals surface area contributed by atoms with Gasteiger partial charge in [0, 0.05) is 88.3 Å².